The summed E-state index contributed by atoms with van der Waals surface area (Å²) in [6.45, 7) is 0. The molecule has 0 saturated carbocycles. The molecule has 0 aliphatic rings. The Labute approximate surface area is 149 Å². The van der Waals surface area contributed by atoms with E-state index in [0.29, 0.717) is 6.07 Å². The van der Waals surface area contributed by atoms with Gasteiger partial charge in [0.2, 0.25) is 0 Å². The molecule has 2 aromatic rings. The predicted molar refractivity (Wildman–Crippen MR) is 85.2 cm³/mol. The first-order valence-corrected chi connectivity index (χ1v) is 7.13. The third kappa shape index (κ3) is 4.34. The van der Waals surface area contributed by atoms with Crippen LogP contribution in [0.5, 0.6) is 11.5 Å². The SMILES string of the molecule is COc1ccc(C=NNC(=O)c2cc(C(F)(F)F)[nH]n2)c(C(=O)O)c1OC. The van der Waals surface area contributed by atoms with Gasteiger partial charge in [-0.25, -0.2) is 10.2 Å². The molecule has 0 atom stereocenters. The highest BCUT2D eigenvalue weighted by molar-refractivity contribution is 6.02. The third-order valence-corrected chi connectivity index (χ3v) is 3.28. The van der Waals surface area contributed by atoms with Crippen LogP contribution in [0.25, 0.3) is 0 Å². The topological polar surface area (TPSA) is 126 Å². The maximum atomic E-state index is 12.5. The van der Waals surface area contributed by atoms with Gasteiger partial charge in [0.05, 0.1) is 20.4 Å². The molecule has 0 bridgehead atoms. The van der Waals surface area contributed by atoms with Gasteiger partial charge in [-0.15, -0.1) is 0 Å². The number of carboxylic acid groups (broad SMARTS) is 1. The monoisotopic (exact) mass is 386 g/mol. The van der Waals surface area contributed by atoms with Crippen LogP contribution in [-0.4, -0.2) is 47.6 Å². The van der Waals surface area contributed by atoms with E-state index in [1.807, 2.05) is 5.43 Å². The summed E-state index contributed by atoms with van der Waals surface area (Å²) >= 11 is 0. The first kappa shape index (κ1) is 19.8. The molecular weight excluding hydrogens is 373 g/mol. The van der Waals surface area contributed by atoms with Gasteiger partial charge in [0.25, 0.3) is 5.91 Å². The van der Waals surface area contributed by atoms with E-state index in [1.165, 1.54) is 26.4 Å². The van der Waals surface area contributed by atoms with Crippen LogP contribution in [0.3, 0.4) is 0 Å². The molecule has 0 spiro atoms. The van der Waals surface area contributed by atoms with Crippen molar-refractivity contribution in [2.24, 2.45) is 5.10 Å². The van der Waals surface area contributed by atoms with E-state index in [4.69, 9.17) is 9.47 Å². The van der Waals surface area contributed by atoms with Crippen LogP contribution in [0.4, 0.5) is 13.2 Å². The average molecular weight is 386 g/mol. The van der Waals surface area contributed by atoms with Crippen molar-refractivity contribution in [2.75, 3.05) is 14.2 Å². The van der Waals surface area contributed by atoms with Gasteiger partial charge in [-0.2, -0.15) is 23.4 Å². The fourth-order valence-electron chi connectivity index (χ4n) is 2.07. The lowest BCUT2D eigenvalue weighted by Gasteiger charge is -2.12. The molecule has 12 heteroatoms. The highest BCUT2D eigenvalue weighted by Gasteiger charge is 2.33. The standard InChI is InChI=1S/C15H13F3N4O5/c1-26-9-4-3-7(11(14(24)25)12(9)27-2)6-19-22-13(23)8-5-10(21-20-8)15(16,17)18/h3-6H,1-2H3,(H,20,21)(H,22,23)(H,24,25). The normalized spacial score (nSPS) is 11.4. The number of alkyl halides is 3. The zero-order chi connectivity index (χ0) is 20.2. The van der Waals surface area contributed by atoms with Crippen molar-refractivity contribution in [2.45, 2.75) is 6.18 Å². The number of ether oxygens (including phenoxy) is 2. The number of benzene rings is 1. The van der Waals surface area contributed by atoms with Crippen molar-refractivity contribution in [3.8, 4) is 11.5 Å². The van der Waals surface area contributed by atoms with E-state index in [1.54, 1.807) is 5.10 Å². The molecule has 1 aromatic heterocycles. The zero-order valence-corrected chi connectivity index (χ0v) is 13.9. The molecule has 0 aliphatic carbocycles. The number of carboxylic acids is 1. The van der Waals surface area contributed by atoms with Crippen LogP contribution >= 0.6 is 0 Å². The second kappa shape index (κ2) is 7.76. The number of aromatic nitrogens is 2. The number of hydrazone groups is 1. The largest absolute Gasteiger partial charge is 0.493 e. The molecule has 3 N–H and O–H groups in total. The Balaban J connectivity index is 2.22. The van der Waals surface area contributed by atoms with Crippen LogP contribution < -0.4 is 14.9 Å². The first-order chi connectivity index (χ1) is 12.7. The summed E-state index contributed by atoms with van der Waals surface area (Å²) in [7, 11) is 2.58. The van der Waals surface area contributed by atoms with E-state index in [-0.39, 0.29) is 22.6 Å². The molecule has 1 aromatic carbocycles. The molecule has 9 nitrogen and oxygen atoms in total. The number of carbonyl (C=O) groups is 2. The lowest BCUT2D eigenvalue weighted by molar-refractivity contribution is -0.141. The van der Waals surface area contributed by atoms with Gasteiger partial charge >= 0.3 is 12.1 Å². The first-order valence-electron chi connectivity index (χ1n) is 7.13. The molecule has 2 rings (SSSR count). The summed E-state index contributed by atoms with van der Waals surface area (Å²) in [5, 5.41) is 17.8. The number of aromatic amines is 1. The molecule has 0 fully saturated rings. The van der Waals surface area contributed by atoms with Crippen LogP contribution in [0, 0.1) is 0 Å². The average Bonchev–Trinajstić information content (AvgIpc) is 3.11. The number of nitrogens with zero attached hydrogens (tertiary/aromatic N) is 2. The van der Waals surface area contributed by atoms with E-state index in [9.17, 15) is 27.9 Å². The summed E-state index contributed by atoms with van der Waals surface area (Å²) in [5.41, 5.74) is 0.0317. The summed E-state index contributed by atoms with van der Waals surface area (Å²) in [6, 6.07) is 3.30. The molecule has 1 amide bonds. The lowest BCUT2D eigenvalue weighted by atomic mass is 10.1. The maximum absolute atomic E-state index is 12.5. The van der Waals surface area contributed by atoms with Crippen LogP contribution in [0.15, 0.2) is 23.3 Å². The summed E-state index contributed by atoms with van der Waals surface area (Å²) in [5.74, 6) is -2.23. The molecule has 144 valence electrons. The van der Waals surface area contributed by atoms with Gasteiger partial charge in [0, 0.05) is 11.6 Å². The highest BCUT2D eigenvalue weighted by Crippen LogP contribution is 2.33. The number of carbonyl (C=O) groups excluding carboxylic acids is 1. The zero-order valence-electron chi connectivity index (χ0n) is 13.9. The number of methoxy groups -OCH3 is 2. The Morgan fingerprint density at radius 1 is 1.30 bits per heavy atom. The molecular formula is C15H13F3N4O5. The Bertz CT molecular complexity index is 892. The van der Waals surface area contributed by atoms with Crippen LogP contribution in [0.2, 0.25) is 0 Å². The van der Waals surface area contributed by atoms with Gasteiger partial charge < -0.3 is 14.6 Å². The molecule has 0 aliphatic heterocycles. The minimum Gasteiger partial charge on any atom is -0.493 e. The molecule has 27 heavy (non-hydrogen) atoms. The third-order valence-electron chi connectivity index (χ3n) is 3.28. The number of nitrogens with one attached hydrogen (secondary N) is 2. The Kier molecular flexibility index (Phi) is 5.68. The predicted octanol–water partition coefficient (Wildman–Crippen LogP) is 1.91. The molecule has 0 saturated heterocycles. The Morgan fingerprint density at radius 2 is 2.00 bits per heavy atom. The van der Waals surface area contributed by atoms with E-state index < -0.39 is 29.4 Å². The van der Waals surface area contributed by atoms with Crippen LogP contribution in [-0.2, 0) is 6.18 Å². The minimum absolute atomic E-state index is 0.0533. The van der Waals surface area contributed by atoms with Gasteiger partial charge in [-0.1, -0.05) is 0 Å². The quantitative estimate of drug-likeness (QED) is 0.514. The van der Waals surface area contributed by atoms with Crippen molar-refractivity contribution in [1.82, 2.24) is 15.6 Å². The van der Waals surface area contributed by atoms with Crippen LogP contribution in [0.1, 0.15) is 32.1 Å². The lowest BCUT2D eigenvalue weighted by Crippen LogP contribution is -2.18. The van der Waals surface area contributed by atoms with Crippen molar-refractivity contribution in [1.29, 1.82) is 0 Å². The van der Waals surface area contributed by atoms with Gasteiger partial charge in [-0.3, -0.25) is 9.89 Å². The van der Waals surface area contributed by atoms with E-state index in [0.717, 1.165) is 6.21 Å². The number of hydrogen-bond donors (Lipinski definition) is 3. The fourth-order valence-corrected chi connectivity index (χ4v) is 2.07. The second-order valence-corrected chi connectivity index (χ2v) is 4.93. The Morgan fingerprint density at radius 3 is 2.52 bits per heavy atom. The molecule has 1 heterocycles. The molecule has 0 unspecified atom stereocenters. The number of H-pyrrole nitrogens is 1. The smallest absolute Gasteiger partial charge is 0.432 e. The van der Waals surface area contributed by atoms with E-state index in [2.05, 4.69) is 10.2 Å². The van der Waals surface area contributed by atoms with Crippen molar-refractivity contribution in [3.05, 3.63) is 40.7 Å². The number of rotatable bonds is 6. The van der Waals surface area contributed by atoms with Crippen molar-refractivity contribution < 1.29 is 37.3 Å². The number of amides is 1. The molecule has 0 radical (unpaired) electrons. The van der Waals surface area contributed by atoms with Gasteiger partial charge in [-0.05, 0) is 12.1 Å². The highest BCUT2D eigenvalue weighted by atomic mass is 19.4. The number of halogens is 3. The minimum atomic E-state index is -4.68. The van der Waals surface area contributed by atoms with Crippen molar-refractivity contribution >= 4 is 18.1 Å². The van der Waals surface area contributed by atoms with Crippen molar-refractivity contribution in [3.63, 3.8) is 0 Å². The van der Waals surface area contributed by atoms with Gasteiger partial charge in [0.1, 0.15) is 11.3 Å². The maximum Gasteiger partial charge on any atom is 0.432 e. The fraction of sp³-hybridized carbons (Fsp3) is 0.200. The summed E-state index contributed by atoms with van der Waals surface area (Å²) in [6.07, 6.45) is -3.68. The van der Waals surface area contributed by atoms with E-state index >= 15 is 0 Å². The number of aromatic carboxylic acids is 1. The Hall–Kier alpha value is -3.57. The summed E-state index contributed by atoms with van der Waals surface area (Å²) in [4.78, 5) is 23.3. The summed E-state index contributed by atoms with van der Waals surface area (Å²) < 4.78 is 47.5. The number of hydrogen-bond acceptors (Lipinski definition) is 6. The van der Waals surface area contributed by atoms with Gasteiger partial charge in [0.15, 0.2) is 17.2 Å². The second-order valence-electron chi connectivity index (χ2n) is 4.93.